The zero-order valence-corrected chi connectivity index (χ0v) is 17.0. The summed E-state index contributed by atoms with van der Waals surface area (Å²) in [6, 6.07) is 25.1. The number of hydrogen-bond donors (Lipinski definition) is 3. The number of carbonyl (C=O) groups is 2. The molecule has 6 nitrogen and oxygen atoms in total. The number of nitrogen functional groups attached to an aromatic ring is 1. The first-order chi connectivity index (χ1) is 14.6. The van der Waals surface area contributed by atoms with Gasteiger partial charge >= 0.3 is 12.0 Å². The average molecular weight is 405 g/mol. The minimum Gasteiger partial charge on any atom is -0.462 e. The van der Waals surface area contributed by atoms with Crippen LogP contribution < -0.4 is 16.4 Å². The van der Waals surface area contributed by atoms with E-state index in [9.17, 15) is 9.59 Å². The predicted molar refractivity (Wildman–Crippen MR) is 122 cm³/mol. The molecule has 4 N–H and O–H groups in total. The SMILES string of the molecule is CCCCOC(=O)c1ccc(N)cc1.O=C(Nc1ccccc1)Nc1ccccc1. The van der Waals surface area contributed by atoms with Crippen LogP contribution in [0.15, 0.2) is 84.9 Å². The van der Waals surface area contributed by atoms with Crippen molar-refractivity contribution in [3.63, 3.8) is 0 Å². The largest absolute Gasteiger partial charge is 0.462 e. The van der Waals surface area contributed by atoms with Crippen LogP contribution in [0.1, 0.15) is 30.1 Å². The van der Waals surface area contributed by atoms with E-state index < -0.39 is 0 Å². The van der Waals surface area contributed by atoms with Gasteiger partial charge in [0.05, 0.1) is 12.2 Å². The lowest BCUT2D eigenvalue weighted by Gasteiger charge is -2.06. The van der Waals surface area contributed by atoms with Crippen molar-refractivity contribution in [2.75, 3.05) is 23.0 Å². The number of rotatable bonds is 6. The van der Waals surface area contributed by atoms with Gasteiger partial charge in [-0.15, -0.1) is 0 Å². The number of unbranched alkanes of at least 4 members (excludes halogenated alkanes) is 1. The molecule has 0 spiro atoms. The van der Waals surface area contributed by atoms with Crippen molar-refractivity contribution < 1.29 is 14.3 Å². The van der Waals surface area contributed by atoms with Gasteiger partial charge in [-0.05, 0) is 55.0 Å². The number of para-hydroxylation sites is 2. The van der Waals surface area contributed by atoms with E-state index in [0.29, 0.717) is 17.9 Å². The highest BCUT2D eigenvalue weighted by atomic mass is 16.5. The van der Waals surface area contributed by atoms with E-state index in [1.54, 1.807) is 24.3 Å². The summed E-state index contributed by atoms with van der Waals surface area (Å²) in [4.78, 5) is 22.9. The number of hydrogen-bond acceptors (Lipinski definition) is 4. The highest BCUT2D eigenvalue weighted by Gasteiger charge is 2.05. The van der Waals surface area contributed by atoms with Crippen LogP contribution in [0.5, 0.6) is 0 Å². The minimum atomic E-state index is -0.279. The van der Waals surface area contributed by atoms with Gasteiger partial charge in [0, 0.05) is 17.1 Å². The number of benzene rings is 3. The second-order valence-electron chi connectivity index (χ2n) is 6.42. The van der Waals surface area contributed by atoms with Crippen LogP contribution in [0.25, 0.3) is 0 Å². The summed E-state index contributed by atoms with van der Waals surface area (Å²) in [5.41, 5.74) is 8.24. The van der Waals surface area contributed by atoms with Crippen LogP contribution in [0.3, 0.4) is 0 Å². The fourth-order valence-electron chi connectivity index (χ4n) is 2.35. The lowest BCUT2D eigenvalue weighted by Crippen LogP contribution is -2.19. The molecular weight excluding hydrogens is 378 g/mol. The second kappa shape index (κ2) is 12.6. The molecule has 6 heteroatoms. The number of urea groups is 1. The highest BCUT2D eigenvalue weighted by Crippen LogP contribution is 2.09. The lowest BCUT2D eigenvalue weighted by molar-refractivity contribution is 0.0500. The van der Waals surface area contributed by atoms with Gasteiger partial charge in [0.2, 0.25) is 0 Å². The van der Waals surface area contributed by atoms with E-state index in [1.165, 1.54) is 0 Å². The molecule has 0 saturated heterocycles. The van der Waals surface area contributed by atoms with Gasteiger partial charge in [0.25, 0.3) is 0 Å². The highest BCUT2D eigenvalue weighted by molar-refractivity contribution is 5.99. The summed E-state index contributed by atoms with van der Waals surface area (Å²) >= 11 is 0. The lowest BCUT2D eigenvalue weighted by atomic mass is 10.2. The van der Waals surface area contributed by atoms with Gasteiger partial charge in [-0.3, -0.25) is 0 Å². The first kappa shape index (κ1) is 22.5. The van der Waals surface area contributed by atoms with Crippen molar-refractivity contribution in [1.29, 1.82) is 0 Å². The van der Waals surface area contributed by atoms with E-state index in [2.05, 4.69) is 17.6 Å². The molecule has 3 aromatic carbocycles. The number of anilines is 3. The molecule has 0 atom stereocenters. The predicted octanol–water partition coefficient (Wildman–Crippen LogP) is 5.56. The minimum absolute atomic E-state index is 0.239. The Morgan fingerprint density at radius 3 is 1.77 bits per heavy atom. The fraction of sp³-hybridized carbons (Fsp3) is 0.167. The molecule has 3 aromatic rings. The Morgan fingerprint density at radius 2 is 1.30 bits per heavy atom. The normalized spacial score (nSPS) is 9.63. The summed E-state index contributed by atoms with van der Waals surface area (Å²) in [6.07, 6.45) is 1.93. The van der Waals surface area contributed by atoms with Gasteiger partial charge in [-0.2, -0.15) is 0 Å². The van der Waals surface area contributed by atoms with Crippen LogP contribution >= 0.6 is 0 Å². The Kier molecular flexibility index (Phi) is 9.46. The molecule has 0 aromatic heterocycles. The standard InChI is InChI=1S/C13H12N2O.C11H15NO2/c16-13(14-11-7-3-1-4-8-11)15-12-9-5-2-6-10-12;1-2-3-8-14-11(13)9-4-6-10(12)7-5-9/h1-10H,(H2,14,15,16);4-7H,2-3,8,12H2,1H3. The van der Waals surface area contributed by atoms with Crippen LogP contribution in [-0.4, -0.2) is 18.6 Å². The first-order valence-electron chi connectivity index (χ1n) is 9.79. The molecule has 156 valence electrons. The van der Waals surface area contributed by atoms with Crippen molar-refractivity contribution in [2.45, 2.75) is 19.8 Å². The zero-order chi connectivity index (χ0) is 21.6. The van der Waals surface area contributed by atoms with E-state index in [1.807, 2.05) is 60.7 Å². The summed E-state index contributed by atoms with van der Waals surface area (Å²) in [5.74, 6) is -0.279. The van der Waals surface area contributed by atoms with E-state index in [4.69, 9.17) is 10.5 Å². The third-order valence-electron chi connectivity index (χ3n) is 3.94. The molecule has 0 radical (unpaired) electrons. The number of amides is 2. The van der Waals surface area contributed by atoms with Crippen molar-refractivity contribution >= 4 is 29.1 Å². The van der Waals surface area contributed by atoms with Gasteiger partial charge in [0.1, 0.15) is 0 Å². The number of esters is 1. The Hall–Kier alpha value is -3.80. The Balaban J connectivity index is 0.000000216. The maximum atomic E-state index is 11.6. The first-order valence-corrected chi connectivity index (χ1v) is 9.79. The van der Waals surface area contributed by atoms with Gasteiger partial charge in [-0.1, -0.05) is 49.7 Å². The number of ether oxygens (including phenoxy) is 1. The molecule has 0 aliphatic heterocycles. The number of nitrogens with two attached hydrogens (primary N) is 1. The molecule has 0 unspecified atom stereocenters. The molecule has 0 aliphatic carbocycles. The van der Waals surface area contributed by atoms with Crippen LogP contribution in [0.4, 0.5) is 21.9 Å². The van der Waals surface area contributed by atoms with Crippen LogP contribution in [0.2, 0.25) is 0 Å². The number of nitrogens with one attached hydrogen (secondary N) is 2. The summed E-state index contributed by atoms with van der Waals surface area (Å²) in [5, 5.41) is 5.48. The van der Waals surface area contributed by atoms with Crippen molar-refractivity contribution in [3.8, 4) is 0 Å². The maximum Gasteiger partial charge on any atom is 0.338 e. The molecule has 0 aliphatic rings. The summed E-state index contributed by atoms with van der Waals surface area (Å²) in [6.45, 7) is 2.54. The number of carbonyl (C=O) groups excluding carboxylic acids is 2. The molecule has 0 heterocycles. The van der Waals surface area contributed by atoms with Gasteiger partial charge < -0.3 is 21.1 Å². The van der Waals surface area contributed by atoms with Gasteiger partial charge in [-0.25, -0.2) is 9.59 Å². The third-order valence-corrected chi connectivity index (χ3v) is 3.94. The smallest absolute Gasteiger partial charge is 0.338 e. The van der Waals surface area contributed by atoms with Gasteiger partial charge in [0.15, 0.2) is 0 Å². The third kappa shape index (κ3) is 8.48. The molecule has 3 rings (SSSR count). The van der Waals surface area contributed by atoms with Crippen molar-refractivity contribution in [2.24, 2.45) is 0 Å². The Bertz CT molecular complexity index is 854. The molecule has 2 amide bonds. The van der Waals surface area contributed by atoms with Crippen molar-refractivity contribution in [1.82, 2.24) is 0 Å². The average Bonchev–Trinajstić information content (AvgIpc) is 2.76. The van der Waals surface area contributed by atoms with E-state index in [0.717, 1.165) is 24.2 Å². The molecule has 0 bridgehead atoms. The molecule has 0 saturated carbocycles. The van der Waals surface area contributed by atoms with Crippen LogP contribution in [-0.2, 0) is 4.74 Å². The summed E-state index contributed by atoms with van der Waals surface area (Å²) in [7, 11) is 0. The second-order valence-corrected chi connectivity index (χ2v) is 6.42. The Morgan fingerprint density at radius 1 is 0.800 bits per heavy atom. The van der Waals surface area contributed by atoms with Crippen molar-refractivity contribution in [3.05, 3.63) is 90.5 Å². The molecule has 30 heavy (non-hydrogen) atoms. The topological polar surface area (TPSA) is 93.5 Å². The zero-order valence-electron chi connectivity index (χ0n) is 17.0. The fourth-order valence-corrected chi connectivity index (χ4v) is 2.35. The Labute approximate surface area is 177 Å². The maximum absolute atomic E-state index is 11.6. The summed E-state index contributed by atoms with van der Waals surface area (Å²) < 4.78 is 5.03. The van der Waals surface area contributed by atoms with E-state index >= 15 is 0 Å². The monoisotopic (exact) mass is 405 g/mol. The van der Waals surface area contributed by atoms with E-state index in [-0.39, 0.29) is 12.0 Å². The van der Waals surface area contributed by atoms with Crippen LogP contribution in [0, 0.1) is 0 Å². The molecular formula is C24H27N3O3. The quantitative estimate of drug-likeness (QED) is 0.284. The molecule has 0 fully saturated rings.